The van der Waals surface area contributed by atoms with E-state index in [1.54, 1.807) is 11.3 Å². The number of carbonyl (C=O) groups is 1. The third kappa shape index (κ3) is 2.02. The molecule has 0 saturated heterocycles. The zero-order valence-corrected chi connectivity index (χ0v) is 12.5. The number of thiophene rings is 2. The average Bonchev–Trinajstić information content (AvgIpc) is 3.24. The summed E-state index contributed by atoms with van der Waals surface area (Å²) in [6.07, 6.45) is 1.95. The maximum absolute atomic E-state index is 12.7. The Kier molecular flexibility index (Phi) is 2.94. The lowest BCUT2D eigenvalue weighted by Crippen LogP contribution is -2.01. The van der Waals surface area contributed by atoms with Gasteiger partial charge in [-0.1, -0.05) is 18.2 Å². The number of ketones is 1. The van der Waals surface area contributed by atoms with E-state index in [1.807, 2.05) is 63.8 Å². The van der Waals surface area contributed by atoms with Gasteiger partial charge >= 0.3 is 0 Å². The second kappa shape index (κ2) is 4.95. The van der Waals surface area contributed by atoms with E-state index < -0.39 is 0 Å². The molecule has 0 fully saturated rings. The largest absolute Gasteiger partial charge is 0.298 e. The molecule has 0 aromatic carbocycles. The minimum Gasteiger partial charge on any atom is -0.298 e. The van der Waals surface area contributed by atoms with Gasteiger partial charge < -0.3 is 0 Å². The normalized spacial score (nSPS) is 11.0. The number of rotatable bonds is 3. The lowest BCUT2D eigenvalue weighted by Gasteiger charge is -2.01. The number of imidazole rings is 1. The summed E-state index contributed by atoms with van der Waals surface area (Å²) in [5, 5.41) is 3.92. The van der Waals surface area contributed by atoms with Gasteiger partial charge in [-0.05, 0) is 35.0 Å². The summed E-state index contributed by atoms with van der Waals surface area (Å²) in [5.74, 6) is -0.0166. The molecule has 0 saturated carbocycles. The summed E-state index contributed by atoms with van der Waals surface area (Å²) in [6, 6.07) is 13.5. The lowest BCUT2D eigenvalue weighted by atomic mass is 10.2. The molecule has 0 unspecified atom stereocenters. The molecule has 4 heterocycles. The van der Waals surface area contributed by atoms with Crippen LogP contribution in [0.15, 0.2) is 59.4 Å². The Morgan fingerprint density at radius 1 is 1.00 bits per heavy atom. The van der Waals surface area contributed by atoms with Crippen LogP contribution >= 0.6 is 22.7 Å². The summed E-state index contributed by atoms with van der Waals surface area (Å²) in [6.45, 7) is 0. The number of aromatic nitrogens is 2. The van der Waals surface area contributed by atoms with Gasteiger partial charge in [0.2, 0.25) is 5.78 Å². The van der Waals surface area contributed by atoms with Crippen LogP contribution in [0.25, 0.3) is 16.2 Å². The highest BCUT2D eigenvalue weighted by molar-refractivity contribution is 7.13. The quantitative estimate of drug-likeness (QED) is 0.527. The molecule has 5 heteroatoms. The third-order valence-corrected chi connectivity index (χ3v) is 4.99. The van der Waals surface area contributed by atoms with Crippen molar-refractivity contribution in [1.82, 2.24) is 9.38 Å². The Balaban J connectivity index is 2.00. The first-order valence-corrected chi connectivity index (χ1v) is 8.20. The van der Waals surface area contributed by atoms with E-state index in [9.17, 15) is 4.79 Å². The Bertz CT molecular complexity index is 905. The molecule has 0 aliphatic carbocycles. The van der Waals surface area contributed by atoms with E-state index in [0.29, 0.717) is 5.69 Å². The summed E-state index contributed by atoms with van der Waals surface area (Å²) in [5.41, 5.74) is 2.19. The summed E-state index contributed by atoms with van der Waals surface area (Å²) < 4.78 is 1.98. The molecular weight excluding hydrogens is 300 g/mol. The van der Waals surface area contributed by atoms with Gasteiger partial charge in [0.15, 0.2) is 0 Å². The Hall–Kier alpha value is -2.24. The van der Waals surface area contributed by atoms with Gasteiger partial charge in [-0.15, -0.1) is 22.7 Å². The highest BCUT2D eigenvalue weighted by Crippen LogP contribution is 2.31. The first kappa shape index (κ1) is 12.5. The van der Waals surface area contributed by atoms with Crippen LogP contribution < -0.4 is 0 Å². The fraction of sp³-hybridized carbons (Fsp3) is 0. The third-order valence-electron chi connectivity index (χ3n) is 3.24. The minimum absolute atomic E-state index is 0.0166. The molecular formula is C16H10N2OS2. The van der Waals surface area contributed by atoms with Crippen LogP contribution in [-0.2, 0) is 0 Å². The topological polar surface area (TPSA) is 34.4 Å². The van der Waals surface area contributed by atoms with Crippen LogP contribution in [0.1, 0.15) is 15.4 Å². The zero-order chi connectivity index (χ0) is 14.2. The first-order chi connectivity index (χ1) is 10.3. The van der Waals surface area contributed by atoms with Crippen molar-refractivity contribution < 1.29 is 4.79 Å². The van der Waals surface area contributed by atoms with Crippen molar-refractivity contribution in [3.63, 3.8) is 0 Å². The molecule has 21 heavy (non-hydrogen) atoms. The number of carbonyl (C=O) groups excluding carboxylic acids is 1. The van der Waals surface area contributed by atoms with Crippen LogP contribution in [0.4, 0.5) is 0 Å². The minimum atomic E-state index is -0.0166. The molecule has 0 amide bonds. The van der Waals surface area contributed by atoms with Crippen LogP contribution in [-0.4, -0.2) is 15.2 Å². The molecule has 0 aliphatic heterocycles. The number of nitrogens with zero attached hydrogens (tertiary/aromatic N) is 2. The highest BCUT2D eigenvalue weighted by Gasteiger charge is 2.22. The van der Waals surface area contributed by atoms with E-state index in [0.717, 1.165) is 21.1 Å². The van der Waals surface area contributed by atoms with Crippen LogP contribution in [0, 0.1) is 0 Å². The van der Waals surface area contributed by atoms with Crippen molar-refractivity contribution in [3.05, 3.63) is 70.0 Å². The molecule has 0 N–H and O–H groups in total. The molecule has 4 aromatic rings. The molecule has 4 aromatic heterocycles. The van der Waals surface area contributed by atoms with Gasteiger partial charge in [0.25, 0.3) is 0 Å². The fourth-order valence-corrected chi connectivity index (χ4v) is 3.76. The number of pyridine rings is 1. The number of hydrogen-bond acceptors (Lipinski definition) is 4. The van der Waals surface area contributed by atoms with Crippen molar-refractivity contribution in [2.24, 2.45) is 0 Å². The van der Waals surface area contributed by atoms with Gasteiger partial charge in [0.1, 0.15) is 11.3 Å². The Morgan fingerprint density at radius 3 is 2.62 bits per heavy atom. The molecule has 0 radical (unpaired) electrons. The molecule has 102 valence electrons. The van der Waals surface area contributed by atoms with E-state index in [4.69, 9.17) is 0 Å². The smallest absolute Gasteiger partial charge is 0.223 e. The maximum Gasteiger partial charge on any atom is 0.223 e. The predicted molar refractivity (Wildman–Crippen MR) is 86.3 cm³/mol. The second-order valence-corrected chi connectivity index (χ2v) is 6.42. The van der Waals surface area contributed by atoms with E-state index in [2.05, 4.69) is 4.98 Å². The summed E-state index contributed by atoms with van der Waals surface area (Å²) in [4.78, 5) is 19.1. The molecule has 3 nitrogen and oxygen atoms in total. The first-order valence-electron chi connectivity index (χ1n) is 6.44. The molecule has 4 rings (SSSR count). The monoisotopic (exact) mass is 310 g/mol. The van der Waals surface area contributed by atoms with E-state index in [-0.39, 0.29) is 5.78 Å². The lowest BCUT2D eigenvalue weighted by molar-refractivity contribution is 0.103. The van der Waals surface area contributed by atoms with Crippen LogP contribution in [0.3, 0.4) is 0 Å². The Labute approximate surface area is 129 Å². The molecule has 0 bridgehead atoms. The molecule has 0 spiro atoms. The van der Waals surface area contributed by atoms with Gasteiger partial charge in [-0.3, -0.25) is 9.20 Å². The van der Waals surface area contributed by atoms with Crippen molar-refractivity contribution in [2.75, 3.05) is 0 Å². The zero-order valence-electron chi connectivity index (χ0n) is 10.9. The summed E-state index contributed by atoms with van der Waals surface area (Å²) >= 11 is 3.06. The Morgan fingerprint density at radius 2 is 1.86 bits per heavy atom. The van der Waals surface area contributed by atoms with E-state index >= 15 is 0 Å². The molecule has 0 aliphatic rings. The van der Waals surface area contributed by atoms with Crippen LogP contribution in [0.2, 0.25) is 0 Å². The average molecular weight is 310 g/mol. The standard InChI is InChI=1S/C16H10N2OS2/c19-16(12-6-4-10-21-12)14-15(11-5-3-9-20-11)18-8-2-1-7-13(18)17-14/h1-10H. The molecule has 0 atom stereocenters. The highest BCUT2D eigenvalue weighted by atomic mass is 32.1. The fourth-order valence-electron chi connectivity index (χ4n) is 2.33. The second-order valence-electron chi connectivity index (χ2n) is 4.52. The maximum atomic E-state index is 12.7. The van der Waals surface area contributed by atoms with Crippen molar-refractivity contribution in [1.29, 1.82) is 0 Å². The summed E-state index contributed by atoms with van der Waals surface area (Å²) in [7, 11) is 0. The van der Waals surface area contributed by atoms with Gasteiger partial charge in [0, 0.05) is 6.20 Å². The van der Waals surface area contributed by atoms with Gasteiger partial charge in [-0.2, -0.15) is 0 Å². The van der Waals surface area contributed by atoms with E-state index in [1.165, 1.54) is 11.3 Å². The van der Waals surface area contributed by atoms with Crippen molar-refractivity contribution >= 4 is 34.1 Å². The SMILES string of the molecule is O=C(c1cccs1)c1nc2ccccn2c1-c1cccs1. The van der Waals surface area contributed by atoms with Gasteiger partial charge in [-0.25, -0.2) is 4.98 Å². The van der Waals surface area contributed by atoms with Crippen LogP contribution in [0.5, 0.6) is 0 Å². The van der Waals surface area contributed by atoms with Crippen molar-refractivity contribution in [2.45, 2.75) is 0 Å². The number of hydrogen-bond donors (Lipinski definition) is 0. The number of fused-ring (bicyclic) bond motifs is 1. The van der Waals surface area contributed by atoms with Gasteiger partial charge in [0.05, 0.1) is 15.4 Å². The predicted octanol–water partition coefficient (Wildman–Crippen LogP) is 4.36. The van der Waals surface area contributed by atoms with Crippen molar-refractivity contribution in [3.8, 4) is 10.6 Å².